The van der Waals surface area contributed by atoms with Crippen LogP contribution in [0, 0.1) is 5.92 Å². The van der Waals surface area contributed by atoms with Gasteiger partial charge in [-0.05, 0) is 26.2 Å². The highest BCUT2D eigenvalue weighted by Gasteiger charge is 2.19. The average Bonchev–Trinajstić information content (AvgIpc) is 2.36. The van der Waals surface area contributed by atoms with E-state index in [0.29, 0.717) is 12.0 Å². The molecule has 0 aliphatic heterocycles. The van der Waals surface area contributed by atoms with Gasteiger partial charge in [-0.15, -0.1) is 0 Å². The molecule has 0 radical (unpaired) electrons. The first-order valence-electron chi connectivity index (χ1n) is 7.29. The summed E-state index contributed by atoms with van der Waals surface area (Å²) in [6.45, 7) is 12.1. The van der Waals surface area contributed by atoms with E-state index in [1.54, 1.807) is 6.33 Å². The van der Waals surface area contributed by atoms with Crippen LogP contribution >= 0.6 is 0 Å². The third-order valence-electron chi connectivity index (χ3n) is 3.12. The van der Waals surface area contributed by atoms with Crippen LogP contribution < -0.4 is 10.2 Å². The summed E-state index contributed by atoms with van der Waals surface area (Å²) in [4.78, 5) is 11.3. The van der Waals surface area contributed by atoms with Crippen molar-refractivity contribution in [1.29, 1.82) is 0 Å². The van der Waals surface area contributed by atoms with Crippen LogP contribution in [0.3, 0.4) is 0 Å². The summed E-state index contributed by atoms with van der Waals surface area (Å²) < 4.78 is 0. The lowest BCUT2D eigenvalue weighted by Crippen LogP contribution is -2.35. The maximum absolute atomic E-state index is 4.56. The Morgan fingerprint density at radius 1 is 1.21 bits per heavy atom. The van der Waals surface area contributed by atoms with Crippen molar-refractivity contribution in [3.8, 4) is 0 Å². The zero-order valence-electron chi connectivity index (χ0n) is 13.2. The van der Waals surface area contributed by atoms with Crippen molar-refractivity contribution < 1.29 is 0 Å². The summed E-state index contributed by atoms with van der Waals surface area (Å²) in [6.07, 6.45) is 3.77. The monoisotopic (exact) mass is 264 g/mol. The van der Waals surface area contributed by atoms with Crippen LogP contribution in [0.4, 0.5) is 11.6 Å². The molecule has 1 N–H and O–H groups in total. The Bertz CT molecular complexity index is 388. The Balaban J connectivity index is 3.20. The van der Waals surface area contributed by atoms with Gasteiger partial charge in [0, 0.05) is 25.2 Å². The molecule has 1 heterocycles. The maximum atomic E-state index is 4.56. The molecule has 0 aromatic carbocycles. The largest absolute Gasteiger partial charge is 0.373 e. The standard InChI is InChI=1S/C15H28N4/c1-7-8-13-14(16-6)17-10-18-15(13)19(12(4)5)9-11(2)3/h10-12H,7-9H2,1-6H3,(H,16,17,18). The van der Waals surface area contributed by atoms with Crippen LogP contribution in [0.1, 0.15) is 46.6 Å². The molecule has 0 bridgehead atoms. The molecule has 0 saturated carbocycles. The van der Waals surface area contributed by atoms with Crippen LogP contribution in [0.25, 0.3) is 0 Å². The molecule has 4 heteroatoms. The van der Waals surface area contributed by atoms with Gasteiger partial charge in [0.1, 0.15) is 18.0 Å². The van der Waals surface area contributed by atoms with Gasteiger partial charge in [0.2, 0.25) is 0 Å². The van der Waals surface area contributed by atoms with E-state index in [-0.39, 0.29) is 0 Å². The second kappa shape index (κ2) is 7.31. The number of aromatic nitrogens is 2. The second-order valence-electron chi connectivity index (χ2n) is 5.66. The smallest absolute Gasteiger partial charge is 0.137 e. The van der Waals surface area contributed by atoms with Crippen molar-refractivity contribution in [2.45, 2.75) is 53.5 Å². The first kappa shape index (κ1) is 15.7. The minimum absolute atomic E-state index is 0.442. The lowest BCUT2D eigenvalue weighted by Gasteiger charge is -2.31. The molecule has 4 nitrogen and oxygen atoms in total. The Morgan fingerprint density at radius 3 is 2.37 bits per heavy atom. The van der Waals surface area contributed by atoms with Crippen molar-refractivity contribution in [1.82, 2.24) is 9.97 Å². The van der Waals surface area contributed by atoms with E-state index < -0.39 is 0 Å². The van der Waals surface area contributed by atoms with E-state index >= 15 is 0 Å². The molecule has 0 spiro atoms. The van der Waals surface area contributed by atoms with Crippen molar-refractivity contribution in [2.24, 2.45) is 5.92 Å². The third kappa shape index (κ3) is 4.08. The van der Waals surface area contributed by atoms with E-state index in [1.165, 1.54) is 5.56 Å². The molecule has 0 unspecified atom stereocenters. The molecule has 0 saturated heterocycles. The van der Waals surface area contributed by atoms with Gasteiger partial charge in [0.05, 0.1) is 0 Å². The van der Waals surface area contributed by atoms with Crippen molar-refractivity contribution in [3.05, 3.63) is 11.9 Å². The summed E-state index contributed by atoms with van der Waals surface area (Å²) in [5.41, 5.74) is 1.24. The lowest BCUT2D eigenvalue weighted by atomic mass is 10.1. The number of hydrogen-bond acceptors (Lipinski definition) is 4. The summed E-state index contributed by atoms with van der Waals surface area (Å²) >= 11 is 0. The highest BCUT2D eigenvalue weighted by molar-refractivity contribution is 5.59. The van der Waals surface area contributed by atoms with Gasteiger partial charge in [0.25, 0.3) is 0 Å². The van der Waals surface area contributed by atoms with E-state index in [4.69, 9.17) is 0 Å². The normalized spacial score (nSPS) is 11.2. The number of hydrogen-bond donors (Lipinski definition) is 1. The van der Waals surface area contributed by atoms with E-state index in [9.17, 15) is 0 Å². The average molecular weight is 264 g/mol. The van der Waals surface area contributed by atoms with Crippen LogP contribution in [0.15, 0.2) is 6.33 Å². The zero-order valence-corrected chi connectivity index (χ0v) is 13.2. The minimum atomic E-state index is 0.442. The van der Waals surface area contributed by atoms with Crippen LogP contribution in [-0.2, 0) is 6.42 Å². The van der Waals surface area contributed by atoms with Gasteiger partial charge in [-0.25, -0.2) is 9.97 Å². The van der Waals surface area contributed by atoms with Crippen LogP contribution in [-0.4, -0.2) is 29.6 Å². The maximum Gasteiger partial charge on any atom is 0.137 e. The number of anilines is 2. The van der Waals surface area contributed by atoms with Crippen molar-refractivity contribution in [2.75, 3.05) is 23.8 Å². The Labute approximate surface area is 117 Å². The Morgan fingerprint density at radius 2 is 1.89 bits per heavy atom. The highest BCUT2D eigenvalue weighted by Crippen LogP contribution is 2.26. The fourth-order valence-corrected chi connectivity index (χ4v) is 2.28. The molecule has 0 amide bonds. The SMILES string of the molecule is CCCc1c(NC)ncnc1N(CC(C)C)C(C)C. The first-order chi connectivity index (χ1) is 9.01. The Kier molecular flexibility index (Phi) is 6.06. The van der Waals surface area contributed by atoms with Gasteiger partial charge in [-0.3, -0.25) is 0 Å². The first-order valence-corrected chi connectivity index (χ1v) is 7.29. The van der Waals surface area contributed by atoms with Gasteiger partial charge >= 0.3 is 0 Å². The summed E-state index contributed by atoms with van der Waals surface area (Å²) in [7, 11) is 1.92. The van der Waals surface area contributed by atoms with Gasteiger partial charge in [-0.2, -0.15) is 0 Å². The topological polar surface area (TPSA) is 41.1 Å². The molecule has 108 valence electrons. The molecule has 1 rings (SSSR count). The van der Waals surface area contributed by atoms with Crippen LogP contribution in [0.2, 0.25) is 0 Å². The van der Waals surface area contributed by atoms with Gasteiger partial charge in [0.15, 0.2) is 0 Å². The van der Waals surface area contributed by atoms with Crippen molar-refractivity contribution in [3.63, 3.8) is 0 Å². The summed E-state index contributed by atoms with van der Waals surface area (Å²) in [5.74, 6) is 2.66. The van der Waals surface area contributed by atoms with E-state index in [2.05, 4.69) is 54.8 Å². The summed E-state index contributed by atoms with van der Waals surface area (Å²) in [5, 5.41) is 3.19. The molecule has 0 fully saturated rings. The molecule has 0 atom stereocenters. The van der Waals surface area contributed by atoms with Gasteiger partial charge < -0.3 is 10.2 Å². The molecule has 19 heavy (non-hydrogen) atoms. The van der Waals surface area contributed by atoms with Crippen molar-refractivity contribution >= 4 is 11.6 Å². The predicted octanol–water partition coefficient (Wildman–Crippen LogP) is 3.34. The summed E-state index contributed by atoms with van der Waals surface area (Å²) in [6, 6.07) is 0.442. The molecule has 0 aliphatic rings. The number of rotatable bonds is 7. The minimum Gasteiger partial charge on any atom is -0.373 e. The molecular weight excluding hydrogens is 236 g/mol. The fourth-order valence-electron chi connectivity index (χ4n) is 2.28. The fraction of sp³-hybridized carbons (Fsp3) is 0.733. The third-order valence-corrected chi connectivity index (χ3v) is 3.12. The molecule has 1 aromatic rings. The van der Waals surface area contributed by atoms with Gasteiger partial charge in [-0.1, -0.05) is 27.2 Å². The van der Waals surface area contributed by atoms with E-state index in [0.717, 1.165) is 31.0 Å². The zero-order chi connectivity index (χ0) is 14.4. The molecular formula is C15H28N4. The van der Waals surface area contributed by atoms with Crippen LogP contribution in [0.5, 0.6) is 0 Å². The lowest BCUT2D eigenvalue weighted by molar-refractivity contribution is 0.563. The Hall–Kier alpha value is -1.32. The number of nitrogens with one attached hydrogen (secondary N) is 1. The quantitative estimate of drug-likeness (QED) is 0.820. The molecule has 1 aromatic heterocycles. The predicted molar refractivity (Wildman–Crippen MR) is 82.9 cm³/mol. The van der Waals surface area contributed by atoms with E-state index in [1.807, 2.05) is 7.05 Å². The number of nitrogens with zero attached hydrogens (tertiary/aromatic N) is 3. The highest BCUT2D eigenvalue weighted by atomic mass is 15.2. The molecule has 0 aliphatic carbocycles. The second-order valence-corrected chi connectivity index (χ2v) is 5.66.